The van der Waals surface area contributed by atoms with E-state index in [1.807, 2.05) is 0 Å². The van der Waals surface area contributed by atoms with Gasteiger partial charge in [-0.2, -0.15) is 0 Å². The lowest BCUT2D eigenvalue weighted by molar-refractivity contribution is 0.169. The lowest BCUT2D eigenvalue weighted by Gasteiger charge is -2.30. The molecule has 1 rings (SSSR count). The minimum atomic E-state index is 0.227. The Morgan fingerprint density at radius 2 is 2.45 bits per heavy atom. The number of β-amino-alcohol motifs (C(OH)–C–C–N with tert-alkyl or cyclic N) is 1. The van der Waals surface area contributed by atoms with Gasteiger partial charge in [0.1, 0.15) is 0 Å². The first kappa shape index (κ1) is 8.71. The van der Waals surface area contributed by atoms with Gasteiger partial charge in [-0.05, 0) is 6.42 Å². The van der Waals surface area contributed by atoms with Crippen molar-refractivity contribution in [1.82, 2.24) is 4.90 Å². The van der Waals surface area contributed by atoms with E-state index in [4.69, 9.17) is 10.8 Å². The summed E-state index contributed by atoms with van der Waals surface area (Å²) >= 11 is 0. The third-order valence-electron chi connectivity index (χ3n) is 2.04. The predicted molar refractivity (Wildman–Crippen MR) is 45.3 cm³/mol. The molecule has 3 heteroatoms. The van der Waals surface area contributed by atoms with Crippen molar-refractivity contribution >= 4 is 0 Å². The highest BCUT2D eigenvalue weighted by Crippen LogP contribution is 2.07. The molecule has 0 spiro atoms. The van der Waals surface area contributed by atoms with Gasteiger partial charge < -0.3 is 10.8 Å². The Bertz CT molecular complexity index is 136. The molecule has 3 nitrogen and oxygen atoms in total. The smallest absolute Gasteiger partial charge is 0.0558 e. The van der Waals surface area contributed by atoms with Gasteiger partial charge in [-0.1, -0.05) is 12.2 Å². The summed E-state index contributed by atoms with van der Waals surface area (Å²) in [5.74, 6) is 0. The summed E-state index contributed by atoms with van der Waals surface area (Å²) in [4.78, 5) is 2.21. The lowest BCUT2D eigenvalue weighted by atomic mass is 10.1. The van der Waals surface area contributed by atoms with E-state index in [2.05, 4.69) is 17.1 Å². The fourth-order valence-electron chi connectivity index (χ4n) is 1.41. The van der Waals surface area contributed by atoms with Gasteiger partial charge in [0, 0.05) is 25.7 Å². The molecule has 1 unspecified atom stereocenters. The van der Waals surface area contributed by atoms with E-state index in [-0.39, 0.29) is 6.61 Å². The van der Waals surface area contributed by atoms with Gasteiger partial charge in [-0.15, -0.1) is 0 Å². The van der Waals surface area contributed by atoms with Crippen LogP contribution < -0.4 is 5.73 Å². The molecule has 0 fully saturated rings. The largest absolute Gasteiger partial charge is 0.395 e. The monoisotopic (exact) mass is 156 g/mol. The first-order valence-electron chi connectivity index (χ1n) is 4.10. The van der Waals surface area contributed by atoms with E-state index >= 15 is 0 Å². The molecule has 0 aliphatic carbocycles. The number of aliphatic hydroxyl groups is 1. The Morgan fingerprint density at radius 1 is 1.64 bits per heavy atom. The van der Waals surface area contributed by atoms with E-state index in [1.165, 1.54) is 0 Å². The Balaban J connectivity index is 2.42. The van der Waals surface area contributed by atoms with Crippen LogP contribution in [0.4, 0.5) is 0 Å². The molecule has 0 bridgehead atoms. The third kappa shape index (κ3) is 2.29. The molecular formula is C8H16N2O. The Kier molecular flexibility index (Phi) is 3.56. The first-order chi connectivity index (χ1) is 5.38. The SMILES string of the molecule is NCC1C=CCCN1CCO. The van der Waals surface area contributed by atoms with E-state index in [1.54, 1.807) is 0 Å². The van der Waals surface area contributed by atoms with Crippen LogP contribution in [-0.2, 0) is 0 Å². The second-order valence-electron chi connectivity index (χ2n) is 2.78. The number of hydrogen-bond acceptors (Lipinski definition) is 3. The highest BCUT2D eigenvalue weighted by Gasteiger charge is 2.15. The summed E-state index contributed by atoms with van der Waals surface area (Å²) < 4.78 is 0. The molecule has 64 valence electrons. The molecule has 3 N–H and O–H groups in total. The minimum Gasteiger partial charge on any atom is -0.395 e. The van der Waals surface area contributed by atoms with Crippen LogP contribution in [0.5, 0.6) is 0 Å². The second-order valence-corrected chi connectivity index (χ2v) is 2.78. The third-order valence-corrected chi connectivity index (χ3v) is 2.04. The average Bonchev–Trinajstić information content (AvgIpc) is 2.06. The summed E-state index contributed by atoms with van der Waals surface area (Å²) in [5, 5.41) is 8.73. The Morgan fingerprint density at radius 3 is 3.09 bits per heavy atom. The second kappa shape index (κ2) is 4.49. The van der Waals surface area contributed by atoms with Crippen LogP contribution in [0, 0.1) is 0 Å². The molecule has 1 aliphatic heterocycles. The van der Waals surface area contributed by atoms with Gasteiger partial charge in [0.25, 0.3) is 0 Å². The predicted octanol–water partition coefficient (Wildman–Crippen LogP) is -0.432. The number of aliphatic hydroxyl groups excluding tert-OH is 1. The molecule has 1 atom stereocenters. The maximum absolute atomic E-state index is 8.73. The van der Waals surface area contributed by atoms with Crippen LogP contribution in [0.15, 0.2) is 12.2 Å². The van der Waals surface area contributed by atoms with Crippen molar-refractivity contribution in [3.05, 3.63) is 12.2 Å². The minimum absolute atomic E-state index is 0.227. The standard InChI is InChI=1S/C8H16N2O/c9-7-8-3-1-2-4-10(8)5-6-11/h1,3,8,11H,2,4-7,9H2. The summed E-state index contributed by atoms with van der Waals surface area (Å²) in [6.45, 7) is 2.64. The summed E-state index contributed by atoms with van der Waals surface area (Å²) in [6, 6.07) is 0.343. The van der Waals surface area contributed by atoms with Crippen molar-refractivity contribution in [3.8, 4) is 0 Å². The van der Waals surface area contributed by atoms with Crippen LogP contribution >= 0.6 is 0 Å². The summed E-state index contributed by atoms with van der Waals surface area (Å²) in [6.07, 6.45) is 5.36. The highest BCUT2D eigenvalue weighted by atomic mass is 16.3. The maximum atomic E-state index is 8.73. The number of rotatable bonds is 3. The van der Waals surface area contributed by atoms with E-state index in [0.29, 0.717) is 12.6 Å². The molecule has 0 radical (unpaired) electrons. The zero-order valence-corrected chi connectivity index (χ0v) is 6.74. The molecule has 1 heterocycles. The van der Waals surface area contributed by atoms with Crippen LogP contribution in [-0.4, -0.2) is 42.3 Å². The Labute approximate surface area is 67.5 Å². The van der Waals surface area contributed by atoms with Gasteiger partial charge >= 0.3 is 0 Å². The van der Waals surface area contributed by atoms with E-state index in [0.717, 1.165) is 19.5 Å². The van der Waals surface area contributed by atoms with Crippen LogP contribution in [0.2, 0.25) is 0 Å². The summed E-state index contributed by atoms with van der Waals surface area (Å²) in [7, 11) is 0. The number of nitrogens with two attached hydrogens (primary N) is 1. The van der Waals surface area contributed by atoms with Gasteiger partial charge in [-0.3, -0.25) is 4.90 Å². The molecule has 0 saturated heterocycles. The van der Waals surface area contributed by atoms with Gasteiger partial charge in [0.15, 0.2) is 0 Å². The van der Waals surface area contributed by atoms with Crippen LogP contribution in [0.25, 0.3) is 0 Å². The van der Waals surface area contributed by atoms with Crippen molar-refractivity contribution in [2.24, 2.45) is 5.73 Å². The van der Waals surface area contributed by atoms with Gasteiger partial charge in [0.05, 0.1) is 6.61 Å². The fourth-order valence-corrected chi connectivity index (χ4v) is 1.41. The fraction of sp³-hybridized carbons (Fsp3) is 0.750. The summed E-state index contributed by atoms with van der Waals surface area (Å²) in [5.41, 5.74) is 5.55. The topological polar surface area (TPSA) is 49.5 Å². The molecule has 0 aromatic heterocycles. The maximum Gasteiger partial charge on any atom is 0.0558 e. The average molecular weight is 156 g/mol. The highest BCUT2D eigenvalue weighted by molar-refractivity contribution is 4.99. The van der Waals surface area contributed by atoms with Crippen molar-refractivity contribution < 1.29 is 5.11 Å². The van der Waals surface area contributed by atoms with Gasteiger partial charge in [-0.25, -0.2) is 0 Å². The molecular weight excluding hydrogens is 140 g/mol. The van der Waals surface area contributed by atoms with Gasteiger partial charge in [0.2, 0.25) is 0 Å². The lowest BCUT2D eigenvalue weighted by Crippen LogP contribution is -2.43. The number of hydrogen-bond donors (Lipinski definition) is 2. The Hall–Kier alpha value is -0.380. The molecule has 0 saturated carbocycles. The van der Waals surface area contributed by atoms with E-state index in [9.17, 15) is 0 Å². The van der Waals surface area contributed by atoms with Crippen molar-refractivity contribution in [2.75, 3.05) is 26.2 Å². The normalized spacial score (nSPS) is 25.8. The zero-order valence-electron chi connectivity index (χ0n) is 6.74. The van der Waals surface area contributed by atoms with Crippen LogP contribution in [0.3, 0.4) is 0 Å². The van der Waals surface area contributed by atoms with Crippen molar-refractivity contribution in [2.45, 2.75) is 12.5 Å². The van der Waals surface area contributed by atoms with Crippen LogP contribution in [0.1, 0.15) is 6.42 Å². The van der Waals surface area contributed by atoms with Crippen molar-refractivity contribution in [3.63, 3.8) is 0 Å². The molecule has 0 aromatic rings. The molecule has 11 heavy (non-hydrogen) atoms. The molecule has 0 aromatic carbocycles. The quantitative estimate of drug-likeness (QED) is 0.545. The first-order valence-corrected chi connectivity index (χ1v) is 4.10. The van der Waals surface area contributed by atoms with Crippen molar-refractivity contribution in [1.29, 1.82) is 0 Å². The van der Waals surface area contributed by atoms with E-state index < -0.39 is 0 Å². The molecule has 0 amide bonds. The molecule has 1 aliphatic rings. The zero-order chi connectivity index (χ0) is 8.10. The number of nitrogens with zero attached hydrogens (tertiary/aromatic N) is 1.